The second kappa shape index (κ2) is 9.05. The largest absolute Gasteiger partial charge is 0.497 e. The lowest BCUT2D eigenvalue weighted by molar-refractivity contribution is -0.894. The number of methoxy groups -OCH3 is 1. The number of hydrogen-bond donors (Lipinski definition) is 1. The summed E-state index contributed by atoms with van der Waals surface area (Å²) in [6.45, 7) is 8.56. The molecule has 3 rings (SSSR count). The van der Waals surface area contributed by atoms with Gasteiger partial charge < -0.3 is 19.1 Å². The molecular formula is C19H26N3O4S+. The third-order valence-corrected chi connectivity index (χ3v) is 5.65. The van der Waals surface area contributed by atoms with Crippen molar-refractivity contribution in [3.8, 4) is 5.75 Å². The fraction of sp³-hybridized carbons (Fsp3) is 0.474. The van der Waals surface area contributed by atoms with Gasteiger partial charge in [0.2, 0.25) is 5.76 Å². The molecule has 2 heterocycles. The molecule has 1 N–H and O–H groups in total. The fourth-order valence-electron chi connectivity index (χ4n) is 2.91. The lowest BCUT2D eigenvalue weighted by Gasteiger charge is -2.24. The molecule has 0 bridgehead atoms. The molecule has 0 atom stereocenters. The number of rotatable bonds is 8. The number of benzene rings is 1. The van der Waals surface area contributed by atoms with Crippen molar-refractivity contribution in [1.29, 1.82) is 0 Å². The van der Waals surface area contributed by atoms with E-state index in [1.54, 1.807) is 12.0 Å². The van der Waals surface area contributed by atoms with Crippen LogP contribution in [-0.2, 0) is 14.3 Å². The number of amides is 1. The summed E-state index contributed by atoms with van der Waals surface area (Å²) in [6, 6.07) is 5.72. The summed E-state index contributed by atoms with van der Waals surface area (Å²) in [7, 11) is 1.64. The van der Waals surface area contributed by atoms with Gasteiger partial charge in [-0.3, -0.25) is 9.69 Å². The van der Waals surface area contributed by atoms with Crippen LogP contribution in [-0.4, -0.2) is 57.4 Å². The summed E-state index contributed by atoms with van der Waals surface area (Å²) in [4.78, 5) is 20.9. The highest BCUT2D eigenvalue weighted by molar-refractivity contribution is 7.22. The van der Waals surface area contributed by atoms with Crippen LogP contribution in [0.1, 0.15) is 13.8 Å². The molecule has 1 aliphatic rings. The number of hydrogen-bond acceptors (Lipinski definition) is 6. The first kappa shape index (κ1) is 19.4. The molecule has 0 saturated heterocycles. The Morgan fingerprint density at radius 2 is 2.15 bits per heavy atom. The van der Waals surface area contributed by atoms with Gasteiger partial charge in [-0.2, -0.15) is 0 Å². The van der Waals surface area contributed by atoms with Gasteiger partial charge in [0.15, 0.2) is 5.13 Å². The Balaban J connectivity index is 1.90. The van der Waals surface area contributed by atoms with Crippen LogP contribution in [0.25, 0.3) is 10.2 Å². The molecule has 1 aromatic carbocycles. The number of nitrogens with zero attached hydrogens (tertiary/aromatic N) is 2. The second-order valence-electron chi connectivity index (χ2n) is 6.20. The molecule has 1 aliphatic heterocycles. The molecule has 7 nitrogen and oxygen atoms in total. The van der Waals surface area contributed by atoms with Gasteiger partial charge in [0, 0.05) is 0 Å². The van der Waals surface area contributed by atoms with Crippen molar-refractivity contribution in [3.63, 3.8) is 0 Å². The van der Waals surface area contributed by atoms with Crippen LogP contribution >= 0.6 is 11.3 Å². The number of anilines is 1. The van der Waals surface area contributed by atoms with E-state index in [1.807, 2.05) is 18.2 Å². The highest BCUT2D eigenvalue weighted by Gasteiger charge is 2.27. The number of thiazole rings is 1. The predicted molar refractivity (Wildman–Crippen MR) is 105 cm³/mol. The first-order valence-electron chi connectivity index (χ1n) is 9.20. The van der Waals surface area contributed by atoms with E-state index in [1.165, 1.54) is 22.5 Å². The minimum absolute atomic E-state index is 0.215. The summed E-state index contributed by atoms with van der Waals surface area (Å²) < 4.78 is 17.1. The van der Waals surface area contributed by atoms with E-state index in [9.17, 15) is 4.79 Å². The molecule has 0 radical (unpaired) electrons. The van der Waals surface area contributed by atoms with Gasteiger partial charge in [0.1, 0.15) is 25.2 Å². The zero-order valence-electron chi connectivity index (χ0n) is 16.0. The number of aromatic nitrogens is 1. The predicted octanol–water partition coefficient (Wildman–Crippen LogP) is 1.45. The van der Waals surface area contributed by atoms with Crippen LogP contribution in [0.5, 0.6) is 5.75 Å². The molecule has 1 aromatic heterocycles. The van der Waals surface area contributed by atoms with E-state index in [0.29, 0.717) is 24.9 Å². The molecule has 0 spiro atoms. The van der Waals surface area contributed by atoms with Crippen LogP contribution in [0, 0.1) is 0 Å². The summed E-state index contributed by atoms with van der Waals surface area (Å²) >= 11 is 1.48. The molecule has 146 valence electrons. The van der Waals surface area contributed by atoms with Crippen LogP contribution in [0.4, 0.5) is 5.13 Å². The van der Waals surface area contributed by atoms with E-state index in [4.69, 9.17) is 14.2 Å². The van der Waals surface area contributed by atoms with Crippen LogP contribution < -0.4 is 14.5 Å². The van der Waals surface area contributed by atoms with Gasteiger partial charge in [-0.15, -0.1) is 0 Å². The highest BCUT2D eigenvalue weighted by atomic mass is 32.1. The van der Waals surface area contributed by atoms with Crippen LogP contribution in [0.2, 0.25) is 0 Å². The average Bonchev–Trinajstić information content (AvgIpc) is 3.14. The summed E-state index contributed by atoms with van der Waals surface area (Å²) in [5.41, 5.74) is 0.846. The normalized spacial score (nSPS) is 13.9. The molecule has 0 saturated carbocycles. The first-order valence-corrected chi connectivity index (χ1v) is 10.0. The minimum Gasteiger partial charge on any atom is -0.497 e. The Morgan fingerprint density at radius 3 is 2.81 bits per heavy atom. The molecule has 1 amide bonds. The zero-order valence-corrected chi connectivity index (χ0v) is 16.8. The lowest BCUT2D eigenvalue weighted by Crippen LogP contribution is -3.12. The van der Waals surface area contributed by atoms with Crippen molar-refractivity contribution >= 4 is 32.6 Å². The van der Waals surface area contributed by atoms with Crippen molar-refractivity contribution in [2.75, 3.05) is 51.4 Å². The van der Waals surface area contributed by atoms with Gasteiger partial charge in [0.05, 0.1) is 43.5 Å². The van der Waals surface area contributed by atoms with Crippen molar-refractivity contribution in [2.45, 2.75) is 13.8 Å². The van der Waals surface area contributed by atoms with E-state index < -0.39 is 0 Å². The number of carbonyl (C=O) groups is 1. The number of likely N-dealkylation sites (N-methyl/N-ethyl adjacent to an activating group) is 1. The van der Waals surface area contributed by atoms with E-state index in [0.717, 1.165) is 35.6 Å². The third-order valence-electron chi connectivity index (χ3n) is 4.61. The fourth-order valence-corrected chi connectivity index (χ4v) is 3.92. The second-order valence-corrected chi connectivity index (χ2v) is 7.20. The molecule has 0 aliphatic carbocycles. The summed E-state index contributed by atoms with van der Waals surface area (Å²) in [5.74, 6) is 0.787. The lowest BCUT2D eigenvalue weighted by atomic mass is 10.3. The molecule has 8 heteroatoms. The van der Waals surface area contributed by atoms with E-state index in [2.05, 4.69) is 18.8 Å². The number of nitrogens with one attached hydrogen (secondary N) is 1. The average molecular weight is 393 g/mol. The number of carbonyl (C=O) groups excluding carboxylic acids is 1. The molecule has 27 heavy (non-hydrogen) atoms. The Kier molecular flexibility index (Phi) is 6.52. The topological polar surface area (TPSA) is 65.3 Å². The zero-order chi connectivity index (χ0) is 19.2. The van der Waals surface area contributed by atoms with Crippen molar-refractivity contribution in [2.24, 2.45) is 0 Å². The Hall–Kier alpha value is -2.32. The van der Waals surface area contributed by atoms with Crippen molar-refractivity contribution in [3.05, 3.63) is 30.2 Å². The summed E-state index contributed by atoms with van der Waals surface area (Å²) in [5, 5.41) is 0.657. The van der Waals surface area contributed by atoms with Gasteiger partial charge >= 0.3 is 0 Å². The van der Waals surface area contributed by atoms with Gasteiger partial charge in [-0.1, -0.05) is 11.3 Å². The monoisotopic (exact) mass is 392 g/mol. The SMILES string of the molecule is CC[NH+](CC)CCN(C(=O)C1=COCCO1)c1nc2ccc(OC)cc2s1. The van der Waals surface area contributed by atoms with E-state index in [-0.39, 0.29) is 11.7 Å². The number of ether oxygens (including phenoxy) is 3. The maximum Gasteiger partial charge on any atom is 0.298 e. The molecule has 2 aromatic rings. The minimum atomic E-state index is -0.215. The van der Waals surface area contributed by atoms with Crippen LogP contribution in [0.15, 0.2) is 30.2 Å². The van der Waals surface area contributed by atoms with Crippen molar-refractivity contribution < 1.29 is 23.9 Å². The Labute approximate surface area is 163 Å². The van der Waals surface area contributed by atoms with Crippen LogP contribution in [0.3, 0.4) is 0 Å². The maximum absolute atomic E-state index is 13.1. The molecule has 0 fully saturated rings. The van der Waals surface area contributed by atoms with Crippen molar-refractivity contribution in [1.82, 2.24) is 4.98 Å². The molecule has 0 unspecified atom stereocenters. The highest BCUT2D eigenvalue weighted by Crippen LogP contribution is 2.32. The quantitative estimate of drug-likeness (QED) is 0.737. The Morgan fingerprint density at radius 1 is 1.33 bits per heavy atom. The first-order chi connectivity index (χ1) is 13.2. The molecular weight excluding hydrogens is 366 g/mol. The third kappa shape index (κ3) is 4.51. The van der Waals surface area contributed by atoms with Gasteiger partial charge in [-0.25, -0.2) is 4.98 Å². The maximum atomic E-state index is 13.1. The smallest absolute Gasteiger partial charge is 0.298 e. The Bertz CT molecular complexity index is 816. The summed E-state index contributed by atoms with van der Waals surface area (Å²) in [6.07, 6.45) is 1.40. The van der Waals surface area contributed by atoms with Gasteiger partial charge in [0.25, 0.3) is 5.91 Å². The number of fused-ring (bicyclic) bond motifs is 1. The van der Waals surface area contributed by atoms with E-state index >= 15 is 0 Å². The number of quaternary nitrogens is 1. The van der Waals surface area contributed by atoms with Gasteiger partial charge in [-0.05, 0) is 32.0 Å². The standard InChI is InChI=1S/C19H25N3O4S/c1-4-21(5-2)8-9-22(18(23)16-13-25-10-11-26-16)19-20-15-7-6-14(24-3)12-17(15)27-19/h6-7,12-13H,4-5,8-11H2,1-3H3/p+1.